The number of hydrogen-bond acceptors (Lipinski definition) is 5. The van der Waals surface area contributed by atoms with Crippen LogP contribution >= 0.6 is 35.3 Å². The molecule has 1 saturated heterocycles. The first-order valence-corrected chi connectivity index (χ1v) is 12.1. The second-order valence-corrected chi connectivity index (χ2v) is 9.26. The number of halogens is 1. The van der Waals surface area contributed by atoms with E-state index in [1.54, 1.807) is 11.3 Å². The Morgan fingerprint density at radius 3 is 2.47 bits per heavy atom. The Balaban J connectivity index is 0.00000363. The molecule has 0 aliphatic carbocycles. The molecule has 0 bridgehead atoms. The monoisotopic (exact) mass is 572 g/mol. The van der Waals surface area contributed by atoms with Crippen LogP contribution in [0.15, 0.2) is 29.3 Å². The average molecular weight is 573 g/mol. The number of aromatic nitrogens is 1. The van der Waals surface area contributed by atoms with Crippen molar-refractivity contribution in [2.45, 2.75) is 52.4 Å². The molecule has 3 rings (SSSR count). The van der Waals surface area contributed by atoms with Gasteiger partial charge in [0.1, 0.15) is 5.75 Å². The summed E-state index contributed by atoms with van der Waals surface area (Å²) in [6.45, 7) is 12.9. The van der Waals surface area contributed by atoms with Gasteiger partial charge in [0, 0.05) is 43.0 Å². The predicted molar refractivity (Wildman–Crippen MR) is 144 cm³/mol. The molecule has 1 aliphatic heterocycles. The molecule has 2 aromatic rings. The van der Waals surface area contributed by atoms with Crippen LogP contribution in [-0.4, -0.2) is 50.4 Å². The summed E-state index contributed by atoms with van der Waals surface area (Å²) in [5.74, 6) is 1.78. The van der Waals surface area contributed by atoms with E-state index in [0.717, 1.165) is 69.5 Å². The maximum absolute atomic E-state index is 5.68. The zero-order valence-corrected chi connectivity index (χ0v) is 22.8. The molecule has 0 amide bonds. The van der Waals surface area contributed by atoms with Gasteiger partial charge < -0.3 is 20.1 Å². The zero-order chi connectivity index (χ0) is 22.1. The van der Waals surface area contributed by atoms with Gasteiger partial charge in [0.2, 0.25) is 0 Å². The van der Waals surface area contributed by atoms with E-state index < -0.39 is 0 Å². The molecule has 0 unspecified atom stereocenters. The molecule has 8 heteroatoms. The summed E-state index contributed by atoms with van der Waals surface area (Å²) < 4.78 is 11.3. The van der Waals surface area contributed by atoms with Gasteiger partial charge in [-0.1, -0.05) is 12.1 Å². The van der Waals surface area contributed by atoms with Crippen LogP contribution in [0.5, 0.6) is 5.75 Å². The van der Waals surface area contributed by atoms with E-state index in [-0.39, 0.29) is 29.4 Å². The van der Waals surface area contributed by atoms with Crippen molar-refractivity contribution in [1.29, 1.82) is 0 Å². The van der Waals surface area contributed by atoms with E-state index >= 15 is 0 Å². The van der Waals surface area contributed by atoms with Crippen molar-refractivity contribution in [3.05, 3.63) is 45.4 Å². The van der Waals surface area contributed by atoms with Crippen LogP contribution in [0.1, 0.15) is 47.8 Å². The van der Waals surface area contributed by atoms with Crippen LogP contribution in [-0.2, 0) is 16.6 Å². The van der Waals surface area contributed by atoms with Gasteiger partial charge in [-0.15, -0.1) is 35.3 Å². The topological polar surface area (TPSA) is 67.8 Å². The van der Waals surface area contributed by atoms with Crippen LogP contribution in [0.3, 0.4) is 0 Å². The lowest BCUT2D eigenvalue weighted by molar-refractivity contribution is 0.0531. The van der Waals surface area contributed by atoms with Crippen molar-refractivity contribution in [3.8, 4) is 5.75 Å². The molecular formula is C24H37IN4O2S. The lowest BCUT2D eigenvalue weighted by atomic mass is 9.74. The second kappa shape index (κ2) is 13.3. The van der Waals surface area contributed by atoms with Gasteiger partial charge in [-0.2, -0.15) is 0 Å². The SMILES string of the molecule is CCNC(=NCC1(c2ccc(OCC)cc2)CCOCC1)NCCc1nc(C)c(C)s1.I. The van der Waals surface area contributed by atoms with E-state index in [9.17, 15) is 0 Å². The van der Waals surface area contributed by atoms with Gasteiger partial charge in [-0.25, -0.2) is 4.98 Å². The molecule has 1 aliphatic rings. The fraction of sp³-hybridized carbons (Fsp3) is 0.583. The molecule has 6 nitrogen and oxygen atoms in total. The Bertz CT molecular complexity index is 829. The van der Waals surface area contributed by atoms with Crippen LogP contribution in [0.4, 0.5) is 0 Å². The molecule has 1 aromatic heterocycles. The summed E-state index contributed by atoms with van der Waals surface area (Å²) in [5.41, 5.74) is 2.44. The van der Waals surface area contributed by atoms with Gasteiger partial charge >= 0.3 is 0 Å². The van der Waals surface area contributed by atoms with E-state index in [2.05, 4.69) is 60.7 Å². The van der Waals surface area contributed by atoms with Crippen LogP contribution in [0.25, 0.3) is 0 Å². The molecular weight excluding hydrogens is 535 g/mol. The number of aliphatic imine (C=N–C) groups is 1. The quantitative estimate of drug-likeness (QED) is 0.261. The van der Waals surface area contributed by atoms with Gasteiger partial charge in [0.15, 0.2) is 5.96 Å². The van der Waals surface area contributed by atoms with E-state index in [0.29, 0.717) is 6.61 Å². The summed E-state index contributed by atoms with van der Waals surface area (Å²) in [5, 5.41) is 8.05. The Morgan fingerprint density at radius 1 is 1.16 bits per heavy atom. The standard InChI is InChI=1S/C24H36N4O2S.HI/c1-5-25-23(26-14-11-22-28-18(3)19(4)31-22)27-17-24(12-15-29-16-13-24)20-7-9-21(10-8-20)30-6-2;/h7-10H,5-6,11-17H2,1-4H3,(H2,25,26,27);1H. The maximum atomic E-state index is 5.68. The Kier molecular flexibility index (Phi) is 11.2. The van der Waals surface area contributed by atoms with Crippen molar-refractivity contribution in [3.63, 3.8) is 0 Å². The van der Waals surface area contributed by atoms with Gasteiger partial charge in [-0.05, 0) is 58.2 Å². The summed E-state index contributed by atoms with van der Waals surface area (Å²) in [4.78, 5) is 10.9. The lowest BCUT2D eigenvalue weighted by Crippen LogP contribution is -2.41. The van der Waals surface area contributed by atoms with Crippen molar-refractivity contribution in [1.82, 2.24) is 15.6 Å². The molecule has 178 valence electrons. The fourth-order valence-corrected chi connectivity index (χ4v) is 4.81. The number of nitrogens with one attached hydrogen (secondary N) is 2. The highest BCUT2D eigenvalue weighted by Gasteiger charge is 2.34. The van der Waals surface area contributed by atoms with Crippen molar-refractivity contribution in [2.24, 2.45) is 4.99 Å². The van der Waals surface area contributed by atoms with Gasteiger partial charge in [-0.3, -0.25) is 4.99 Å². The smallest absolute Gasteiger partial charge is 0.191 e. The number of ether oxygens (including phenoxy) is 2. The molecule has 2 heterocycles. The third-order valence-corrected chi connectivity index (χ3v) is 6.95. The molecule has 0 spiro atoms. The number of nitrogens with zero attached hydrogens (tertiary/aromatic N) is 2. The molecule has 2 N–H and O–H groups in total. The summed E-state index contributed by atoms with van der Waals surface area (Å²) >= 11 is 1.78. The number of benzene rings is 1. The Hall–Kier alpha value is -1.39. The minimum Gasteiger partial charge on any atom is -0.494 e. The molecule has 32 heavy (non-hydrogen) atoms. The van der Waals surface area contributed by atoms with Gasteiger partial charge in [0.05, 0.1) is 23.9 Å². The fourth-order valence-electron chi connectivity index (χ4n) is 3.88. The van der Waals surface area contributed by atoms with Gasteiger partial charge in [0.25, 0.3) is 0 Å². The normalized spacial score (nSPS) is 15.7. The van der Waals surface area contributed by atoms with Crippen LogP contribution < -0.4 is 15.4 Å². The highest BCUT2D eigenvalue weighted by Crippen LogP contribution is 2.36. The molecule has 1 aromatic carbocycles. The maximum Gasteiger partial charge on any atom is 0.191 e. The lowest BCUT2D eigenvalue weighted by Gasteiger charge is -2.36. The summed E-state index contributed by atoms with van der Waals surface area (Å²) in [6, 6.07) is 8.53. The third-order valence-electron chi connectivity index (χ3n) is 5.82. The summed E-state index contributed by atoms with van der Waals surface area (Å²) in [7, 11) is 0. The minimum atomic E-state index is -0.00508. The number of guanidine groups is 1. The second-order valence-electron chi connectivity index (χ2n) is 7.97. The number of rotatable bonds is 9. The molecule has 0 radical (unpaired) electrons. The van der Waals surface area contributed by atoms with E-state index in [1.807, 2.05) is 6.92 Å². The van der Waals surface area contributed by atoms with Crippen LogP contribution in [0.2, 0.25) is 0 Å². The Labute approximate surface area is 213 Å². The highest BCUT2D eigenvalue weighted by molar-refractivity contribution is 14.0. The van der Waals surface area contributed by atoms with Crippen molar-refractivity contribution >= 4 is 41.3 Å². The Morgan fingerprint density at radius 2 is 1.88 bits per heavy atom. The van der Waals surface area contributed by atoms with Crippen LogP contribution in [0, 0.1) is 13.8 Å². The first-order chi connectivity index (χ1) is 15.1. The minimum absolute atomic E-state index is 0. The molecule has 0 saturated carbocycles. The summed E-state index contributed by atoms with van der Waals surface area (Å²) in [6.07, 6.45) is 2.85. The number of thiazole rings is 1. The number of hydrogen-bond donors (Lipinski definition) is 2. The predicted octanol–water partition coefficient (Wildman–Crippen LogP) is 4.62. The van der Waals surface area contributed by atoms with Crippen molar-refractivity contribution < 1.29 is 9.47 Å². The first-order valence-electron chi connectivity index (χ1n) is 11.3. The highest BCUT2D eigenvalue weighted by atomic mass is 127. The first kappa shape index (κ1) is 26.9. The average Bonchev–Trinajstić information content (AvgIpc) is 3.10. The molecule has 0 atom stereocenters. The third kappa shape index (κ3) is 7.31. The largest absolute Gasteiger partial charge is 0.494 e. The van der Waals surface area contributed by atoms with E-state index in [4.69, 9.17) is 14.5 Å². The molecule has 1 fully saturated rings. The number of aryl methyl sites for hydroxylation is 2. The van der Waals surface area contributed by atoms with Crippen molar-refractivity contribution in [2.75, 3.05) is 39.5 Å². The van der Waals surface area contributed by atoms with E-state index in [1.165, 1.54) is 15.4 Å². The zero-order valence-electron chi connectivity index (χ0n) is 19.7.